The summed E-state index contributed by atoms with van der Waals surface area (Å²) in [5.41, 5.74) is 1.32. The Labute approximate surface area is 123 Å². The van der Waals surface area contributed by atoms with E-state index in [2.05, 4.69) is 20.9 Å². The maximum absolute atomic E-state index is 11.1. The lowest BCUT2D eigenvalue weighted by Gasteiger charge is -2.08. The van der Waals surface area contributed by atoms with Gasteiger partial charge in [-0.05, 0) is 50.5 Å². The molecule has 0 atom stereocenters. The van der Waals surface area contributed by atoms with Crippen LogP contribution >= 0.6 is 15.9 Å². The van der Waals surface area contributed by atoms with Crippen molar-refractivity contribution < 1.29 is 4.92 Å². The number of fused-ring (bicyclic) bond motifs is 1. The van der Waals surface area contributed by atoms with Crippen molar-refractivity contribution in [2.45, 2.75) is 0 Å². The molecule has 1 heterocycles. The van der Waals surface area contributed by atoms with Gasteiger partial charge in [0.05, 0.1) is 5.56 Å². The largest absolute Gasteiger partial charge is 0.371 e. The average Bonchev–Trinajstić information content (AvgIpc) is 2.46. The Balaban J connectivity index is 2.38. The number of benzene rings is 2. The Morgan fingerprint density at radius 3 is 2.65 bits per heavy atom. The van der Waals surface area contributed by atoms with Crippen LogP contribution in [0.25, 0.3) is 21.9 Å². The third kappa shape index (κ3) is 2.16. The topological polar surface area (TPSA) is 56.0 Å². The molecule has 20 heavy (non-hydrogen) atoms. The van der Waals surface area contributed by atoms with E-state index in [-0.39, 0.29) is 5.82 Å². The Morgan fingerprint density at radius 2 is 1.85 bits per heavy atom. The highest BCUT2D eigenvalue weighted by Gasteiger charge is 2.18. The highest BCUT2D eigenvalue weighted by molar-refractivity contribution is 9.10. The molecule has 0 N–H and O–H groups in total. The SMILES string of the molecule is O=[N+]([O-])c1ncccc1-c1cc(Br)cc2ccccc12. The van der Waals surface area contributed by atoms with Gasteiger partial charge in [0.1, 0.15) is 6.20 Å². The van der Waals surface area contributed by atoms with E-state index >= 15 is 0 Å². The highest BCUT2D eigenvalue weighted by Crippen LogP contribution is 2.35. The summed E-state index contributed by atoms with van der Waals surface area (Å²) >= 11 is 3.45. The van der Waals surface area contributed by atoms with Crippen LogP contribution in [0.3, 0.4) is 0 Å². The molecule has 0 saturated carbocycles. The molecular formula is C15H9BrN2O2. The summed E-state index contributed by atoms with van der Waals surface area (Å²) in [7, 11) is 0. The van der Waals surface area contributed by atoms with E-state index in [1.54, 1.807) is 12.1 Å². The smallest absolute Gasteiger partial charge is 0.358 e. The molecule has 4 nitrogen and oxygen atoms in total. The fraction of sp³-hybridized carbons (Fsp3) is 0. The van der Waals surface area contributed by atoms with Crippen molar-refractivity contribution in [3.05, 3.63) is 69.3 Å². The number of aromatic nitrogens is 1. The summed E-state index contributed by atoms with van der Waals surface area (Å²) in [5.74, 6) is -0.129. The van der Waals surface area contributed by atoms with Crippen molar-refractivity contribution >= 4 is 32.5 Å². The molecule has 98 valence electrons. The van der Waals surface area contributed by atoms with E-state index < -0.39 is 4.92 Å². The summed E-state index contributed by atoms with van der Waals surface area (Å²) in [6.45, 7) is 0. The Hall–Kier alpha value is -2.27. The van der Waals surface area contributed by atoms with Gasteiger partial charge >= 0.3 is 5.82 Å². The molecule has 0 fully saturated rings. The van der Waals surface area contributed by atoms with Crippen LogP contribution in [-0.4, -0.2) is 9.91 Å². The lowest BCUT2D eigenvalue weighted by molar-refractivity contribution is -0.388. The van der Waals surface area contributed by atoms with Gasteiger partial charge in [-0.2, -0.15) is 0 Å². The molecule has 0 radical (unpaired) electrons. The van der Waals surface area contributed by atoms with Crippen LogP contribution in [0.1, 0.15) is 0 Å². The van der Waals surface area contributed by atoms with E-state index in [4.69, 9.17) is 0 Å². The molecule has 0 aliphatic rings. The second kappa shape index (κ2) is 5.02. The van der Waals surface area contributed by atoms with E-state index in [0.717, 1.165) is 20.8 Å². The summed E-state index contributed by atoms with van der Waals surface area (Å²) in [6, 6.07) is 15.1. The number of nitro groups is 1. The number of halogens is 1. The van der Waals surface area contributed by atoms with Crippen molar-refractivity contribution in [1.29, 1.82) is 0 Å². The second-order valence-corrected chi connectivity index (χ2v) is 5.22. The molecule has 3 aromatic rings. The van der Waals surface area contributed by atoms with Crippen LogP contribution in [0.5, 0.6) is 0 Å². The normalized spacial score (nSPS) is 10.7. The summed E-state index contributed by atoms with van der Waals surface area (Å²) in [6.07, 6.45) is 1.43. The standard InChI is InChI=1S/C15H9BrN2O2/c16-11-8-10-4-1-2-5-12(10)14(9-11)13-6-3-7-17-15(13)18(19)20/h1-9H. The fourth-order valence-corrected chi connectivity index (χ4v) is 2.73. The van der Waals surface area contributed by atoms with Gasteiger partial charge in [-0.3, -0.25) is 0 Å². The van der Waals surface area contributed by atoms with Gasteiger partial charge in [-0.1, -0.05) is 40.2 Å². The third-order valence-corrected chi connectivity index (χ3v) is 3.53. The van der Waals surface area contributed by atoms with Crippen LogP contribution in [0.2, 0.25) is 0 Å². The number of nitrogens with zero attached hydrogens (tertiary/aromatic N) is 2. The summed E-state index contributed by atoms with van der Waals surface area (Å²) in [4.78, 5) is 14.6. The first-order chi connectivity index (χ1) is 9.66. The minimum Gasteiger partial charge on any atom is -0.358 e. The minimum atomic E-state index is -0.453. The van der Waals surface area contributed by atoms with E-state index in [9.17, 15) is 10.1 Å². The number of hydrogen-bond acceptors (Lipinski definition) is 3. The predicted molar refractivity (Wildman–Crippen MR) is 81.5 cm³/mol. The zero-order valence-corrected chi connectivity index (χ0v) is 11.9. The van der Waals surface area contributed by atoms with Gasteiger partial charge in [0, 0.05) is 4.47 Å². The van der Waals surface area contributed by atoms with Crippen molar-refractivity contribution in [2.24, 2.45) is 0 Å². The molecular weight excluding hydrogens is 320 g/mol. The fourth-order valence-electron chi connectivity index (χ4n) is 2.25. The van der Waals surface area contributed by atoms with Gasteiger partial charge in [0.2, 0.25) is 0 Å². The van der Waals surface area contributed by atoms with Gasteiger partial charge in [-0.25, -0.2) is 0 Å². The third-order valence-electron chi connectivity index (χ3n) is 3.08. The molecule has 3 rings (SSSR count). The van der Waals surface area contributed by atoms with Crippen LogP contribution in [-0.2, 0) is 0 Å². The summed E-state index contributed by atoms with van der Waals surface area (Å²) in [5, 5.41) is 13.1. The lowest BCUT2D eigenvalue weighted by atomic mass is 9.99. The zero-order chi connectivity index (χ0) is 14.1. The minimum absolute atomic E-state index is 0.129. The quantitative estimate of drug-likeness (QED) is 0.511. The summed E-state index contributed by atoms with van der Waals surface area (Å²) < 4.78 is 0.879. The molecule has 0 aliphatic heterocycles. The molecule has 0 bridgehead atoms. The number of rotatable bonds is 2. The van der Waals surface area contributed by atoms with Gasteiger partial charge in [-0.15, -0.1) is 0 Å². The second-order valence-electron chi connectivity index (χ2n) is 4.31. The molecule has 1 aromatic heterocycles. The van der Waals surface area contributed by atoms with Crippen molar-refractivity contribution in [3.63, 3.8) is 0 Å². The molecule has 2 aromatic carbocycles. The van der Waals surface area contributed by atoms with E-state index in [1.807, 2.05) is 36.4 Å². The first-order valence-electron chi connectivity index (χ1n) is 5.95. The van der Waals surface area contributed by atoms with Crippen LogP contribution in [0, 0.1) is 10.1 Å². The Bertz CT molecular complexity index is 818. The van der Waals surface area contributed by atoms with Crippen LogP contribution in [0.4, 0.5) is 5.82 Å². The first-order valence-corrected chi connectivity index (χ1v) is 6.74. The zero-order valence-electron chi connectivity index (χ0n) is 10.3. The lowest BCUT2D eigenvalue weighted by Crippen LogP contribution is -1.95. The van der Waals surface area contributed by atoms with Crippen molar-refractivity contribution in [3.8, 4) is 11.1 Å². The van der Waals surface area contributed by atoms with Crippen molar-refractivity contribution in [1.82, 2.24) is 4.98 Å². The Kier molecular flexibility index (Phi) is 3.20. The van der Waals surface area contributed by atoms with E-state index in [1.165, 1.54) is 6.20 Å². The number of pyridine rings is 1. The van der Waals surface area contributed by atoms with Crippen LogP contribution < -0.4 is 0 Å². The maximum Gasteiger partial charge on any atom is 0.371 e. The monoisotopic (exact) mass is 328 g/mol. The van der Waals surface area contributed by atoms with Crippen LogP contribution in [0.15, 0.2) is 59.2 Å². The molecule has 0 unspecified atom stereocenters. The van der Waals surface area contributed by atoms with Gasteiger partial charge < -0.3 is 10.1 Å². The van der Waals surface area contributed by atoms with Gasteiger partial charge in [0.25, 0.3) is 0 Å². The molecule has 5 heteroatoms. The molecule has 0 amide bonds. The molecule has 0 saturated heterocycles. The predicted octanol–water partition coefficient (Wildman–Crippen LogP) is 4.57. The molecule has 0 spiro atoms. The van der Waals surface area contributed by atoms with Crippen molar-refractivity contribution in [2.75, 3.05) is 0 Å². The average molecular weight is 329 g/mol. The Morgan fingerprint density at radius 1 is 1.05 bits per heavy atom. The van der Waals surface area contributed by atoms with E-state index in [0.29, 0.717) is 5.56 Å². The first kappa shape index (κ1) is 12.7. The molecule has 0 aliphatic carbocycles. The highest BCUT2D eigenvalue weighted by atomic mass is 79.9. The maximum atomic E-state index is 11.1. The number of hydrogen-bond donors (Lipinski definition) is 0. The van der Waals surface area contributed by atoms with Gasteiger partial charge in [0.15, 0.2) is 0 Å².